The molecule has 1 aliphatic heterocycles. The molecule has 0 saturated carbocycles. The average Bonchev–Trinajstić information content (AvgIpc) is 2.81. The minimum Gasteiger partial charge on any atom is -0.373 e. The van der Waals surface area contributed by atoms with Crippen molar-refractivity contribution in [2.75, 3.05) is 6.61 Å². The first kappa shape index (κ1) is 31.8. The molecule has 1 N–H and O–H groups in total. The standard InChI is InChI=1S/C22H22F4N4O2.C2H4.B.In/c1-12-16(23)10-15-17(3-2-7-22(24,25)26)29-20(30-21(15)28-12)13-6-8-32-18(9-13)14-4-5-19(31)27-11-14;1-2;;/h4-5,10-11,13,18H,2-3,6-9H2,1H3,(H,27,31);1-2H2;;. The van der Waals surface area contributed by atoms with E-state index in [-0.39, 0.29) is 76.0 Å². The van der Waals surface area contributed by atoms with E-state index in [0.717, 1.165) is 5.56 Å². The molecule has 0 aliphatic carbocycles. The number of nitrogens with zero attached hydrogens (tertiary/aromatic N) is 3. The average molecular weight is 604 g/mol. The number of alkyl halides is 3. The number of pyridine rings is 2. The van der Waals surface area contributed by atoms with Crippen molar-refractivity contribution in [1.29, 1.82) is 0 Å². The molecule has 3 aromatic rings. The Morgan fingerprint density at radius 3 is 2.56 bits per heavy atom. The quantitative estimate of drug-likeness (QED) is 0.259. The van der Waals surface area contributed by atoms with Gasteiger partial charge in [0.05, 0.1) is 17.5 Å². The third-order valence-electron chi connectivity index (χ3n) is 5.62. The van der Waals surface area contributed by atoms with Crippen LogP contribution in [0.3, 0.4) is 0 Å². The van der Waals surface area contributed by atoms with Gasteiger partial charge in [-0.2, -0.15) is 13.2 Å². The van der Waals surface area contributed by atoms with Crippen molar-refractivity contribution in [3.8, 4) is 0 Å². The van der Waals surface area contributed by atoms with E-state index in [0.29, 0.717) is 36.4 Å². The summed E-state index contributed by atoms with van der Waals surface area (Å²) in [5.41, 5.74) is 1.42. The van der Waals surface area contributed by atoms with Crippen LogP contribution in [0.4, 0.5) is 17.6 Å². The Balaban J connectivity index is 0.00000158. The van der Waals surface area contributed by atoms with Gasteiger partial charge in [0, 0.05) is 70.9 Å². The predicted molar refractivity (Wildman–Crippen MR) is 132 cm³/mol. The number of ether oxygens (including phenoxy) is 1. The van der Waals surface area contributed by atoms with E-state index in [1.54, 1.807) is 12.3 Å². The molecule has 2 atom stereocenters. The molecule has 1 saturated heterocycles. The van der Waals surface area contributed by atoms with E-state index in [4.69, 9.17) is 4.74 Å². The third-order valence-corrected chi connectivity index (χ3v) is 5.62. The summed E-state index contributed by atoms with van der Waals surface area (Å²) in [6, 6.07) is 4.37. The molecule has 1 fully saturated rings. The zero-order valence-electron chi connectivity index (χ0n) is 19.9. The van der Waals surface area contributed by atoms with Crippen molar-refractivity contribution in [1.82, 2.24) is 19.9 Å². The summed E-state index contributed by atoms with van der Waals surface area (Å²) in [6.07, 6.45) is -2.82. The van der Waals surface area contributed by atoms with Crippen molar-refractivity contribution < 1.29 is 22.3 Å². The molecule has 0 spiro atoms. The van der Waals surface area contributed by atoms with Crippen molar-refractivity contribution in [2.24, 2.45) is 0 Å². The number of H-pyrrole nitrogens is 1. The molecule has 0 aromatic carbocycles. The zero-order chi connectivity index (χ0) is 24.9. The van der Waals surface area contributed by atoms with Crippen LogP contribution in [0.25, 0.3) is 11.0 Å². The maximum absolute atomic E-state index is 14.1. The number of rotatable bonds is 5. The normalized spacial score (nSPS) is 17.4. The van der Waals surface area contributed by atoms with Gasteiger partial charge in [0.25, 0.3) is 0 Å². The summed E-state index contributed by atoms with van der Waals surface area (Å²) in [5.74, 6) is -0.190. The van der Waals surface area contributed by atoms with E-state index in [1.165, 1.54) is 19.1 Å². The second-order valence-corrected chi connectivity index (χ2v) is 7.99. The maximum atomic E-state index is 14.1. The van der Waals surface area contributed by atoms with Gasteiger partial charge in [0.2, 0.25) is 5.56 Å². The zero-order valence-corrected chi connectivity index (χ0v) is 23.2. The molecule has 4 heterocycles. The van der Waals surface area contributed by atoms with E-state index < -0.39 is 18.4 Å². The van der Waals surface area contributed by atoms with E-state index in [2.05, 4.69) is 33.1 Å². The molecule has 188 valence electrons. The van der Waals surface area contributed by atoms with Crippen LogP contribution in [0, 0.1) is 12.7 Å². The van der Waals surface area contributed by atoms with Gasteiger partial charge in [-0.3, -0.25) is 4.79 Å². The van der Waals surface area contributed by atoms with Gasteiger partial charge in [0.15, 0.2) is 5.65 Å². The second kappa shape index (κ2) is 13.9. The number of aromatic nitrogens is 4. The van der Waals surface area contributed by atoms with Gasteiger partial charge < -0.3 is 9.72 Å². The Kier molecular flexibility index (Phi) is 12.3. The minimum absolute atomic E-state index is 0. The molecule has 0 bridgehead atoms. The van der Waals surface area contributed by atoms with Gasteiger partial charge in [0.1, 0.15) is 11.6 Å². The summed E-state index contributed by atoms with van der Waals surface area (Å²) in [6.45, 7) is 7.95. The van der Waals surface area contributed by atoms with Crippen LogP contribution in [-0.2, 0) is 11.2 Å². The number of nitrogens with one attached hydrogen (secondary N) is 1. The Morgan fingerprint density at radius 1 is 1.19 bits per heavy atom. The topological polar surface area (TPSA) is 80.8 Å². The molecule has 36 heavy (non-hydrogen) atoms. The van der Waals surface area contributed by atoms with Crippen molar-refractivity contribution in [2.45, 2.75) is 57.2 Å². The van der Waals surface area contributed by atoms with Crippen LogP contribution in [0.2, 0.25) is 0 Å². The number of fused-ring (bicyclic) bond motifs is 1. The molecule has 0 amide bonds. The first-order chi connectivity index (χ1) is 16.2. The van der Waals surface area contributed by atoms with Crippen LogP contribution in [-0.4, -0.2) is 67.0 Å². The molecule has 1 aliphatic rings. The molecule has 6 nitrogen and oxygen atoms in total. The smallest absolute Gasteiger partial charge is 0.373 e. The molecule has 12 heteroatoms. The van der Waals surface area contributed by atoms with Gasteiger partial charge in [-0.05, 0) is 50.3 Å². The Labute approximate surface area is 227 Å². The minimum atomic E-state index is -4.27. The van der Waals surface area contributed by atoms with Gasteiger partial charge in [-0.1, -0.05) is 0 Å². The van der Waals surface area contributed by atoms with Crippen molar-refractivity contribution in [3.05, 3.63) is 76.5 Å². The van der Waals surface area contributed by atoms with Crippen LogP contribution in [0.15, 0.2) is 42.3 Å². The van der Waals surface area contributed by atoms with Crippen LogP contribution < -0.4 is 5.56 Å². The maximum Gasteiger partial charge on any atom is 0.389 e. The summed E-state index contributed by atoms with van der Waals surface area (Å²) < 4.78 is 57.9. The summed E-state index contributed by atoms with van der Waals surface area (Å²) in [7, 11) is 0. The van der Waals surface area contributed by atoms with Crippen LogP contribution in [0.5, 0.6) is 0 Å². The van der Waals surface area contributed by atoms with Crippen LogP contribution >= 0.6 is 0 Å². The fourth-order valence-electron chi connectivity index (χ4n) is 3.91. The predicted octanol–water partition coefficient (Wildman–Crippen LogP) is 4.72. The second-order valence-electron chi connectivity index (χ2n) is 7.99. The summed E-state index contributed by atoms with van der Waals surface area (Å²) in [4.78, 5) is 27.3. The van der Waals surface area contributed by atoms with E-state index in [9.17, 15) is 22.4 Å². The van der Waals surface area contributed by atoms with Crippen LogP contribution in [0.1, 0.15) is 60.5 Å². The van der Waals surface area contributed by atoms with Gasteiger partial charge in [-0.25, -0.2) is 19.3 Å². The van der Waals surface area contributed by atoms with E-state index >= 15 is 0 Å². The van der Waals surface area contributed by atoms with Gasteiger partial charge >= 0.3 is 6.18 Å². The molecular weight excluding hydrogens is 578 g/mol. The third kappa shape index (κ3) is 8.16. The molecule has 3 aromatic heterocycles. The first-order valence-corrected chi connectivity index (χ1v) is 10.9. The number of halogens is 4. The number of aryl methyl sites for hydroxylation is 2. The first-order valence-electron chi connectivity index (χ1n) is 10.9. The molecule has 4 rings (SSSR count). The van der Waals surface area contributed by atoms with Gasteiger partial charge in [-0.15, -0.1) is 13.2 Å². The monoisotopic (exact) mass is 604 g/mol. The number of hydrogen-bond donors (Lipinski definition) is 1. The summed E-state index contributed by atoms with van der Waals surface area (Å²) in [5, 5.41) is 0.336. The van der Waals surface area contributed by atoms with E-state index in [1.807, 2.05) is 0 Å². The fraction of sp³-hybridized carbons (Fsp3) is 0.417. The Morgan fingerprint density at radius 2 is 1.92 bits per heavy atom. The Bertz CT molecular complexity index is 1190. The fourth-order valence-corrected chi connectivity index (χ4v) is 3.91. The number of aromatic amines is 1. The molecule has 6 radical (unpaired) electrons. The summed E-state index contributed by atoms with van der Waals surface area (Å²) >= 11 is 0. The Hall–Kier alpha value is -2.20. The molecular formula is C24H26BF4InN4O2. The van der Waals surface area contributed by atoms with Crippen molar-refractivity contribution in [3.63, 3.8) is 0 Å². The van der Waals surface area contributed by atoms with Crippen molar-refractivity contribution >= 4 is 45.3 Å². The largest absolute Gasteiger partial charge is 0.389 e. The number of hydrogen-bond acceptors (Lipinski definition) is 5. The molecule has 2 unspecified atom stereocenters. The SMILES string of the molecule is C=C.Cc1nc2nc(C3CCOC(c4ccc(=O)[nH]c4)C3)nc(CCCC(F)(F)F)c2cc1F.[B].[In].